The number of nitrogens with zero attached hydrogens (tertiary/aromatic N) is 3. The summed E-state index contributed by atoms with van der Waals surface area (Å²) in [6.07, 6.45) is 1.61. The molecule has 10 heteroatoms. The van der Waals surface area contributed by atoms with Gasteiger partial charge in [0.15, 0.2) is 5.13 Å². The van der Waals surface area contributed by atoms with E-state index >= 15 is 0 Å². The van der Waals surface area contributed by atoms with Gasteiger partial charge >= 0.3 is 0 Å². The second-order valence-corrected chi connectivity index (χ2v) is 7.93. The minimum atomic E-state index is -0.316. The highest BCUT2D eigenvalue weighted by Gasteiger charge is 2.23. The summed E-state index contributed by atoms with van der Waals surface area (Å²) in [5, 5.41) is 5.68. The predicted octanol–water partition coefficient (Wildman–Crippen LogP) is 2.86. The van der Waals surface area contributed by atoms with Gasteiger partial charge in [0.2, 0.25) is 5.91 Å². The van der Waals surface area contributed by atoms with E-state index in [0.717, 1.165) is 13.1 Å². The number of hydrogen-bond donors (Lipinski definition) is 1. The van der Waals surface area contributed by atoms with Crippen LogP contribution in [0.4, 0.5) is 5.13 Å². The van der Waals surface area contributed by atoms with Gasteiger partial charge in [-0.05, 0) is 18.2 Å². The number of ether oxygens (including phenoxy) is 1. The maximum atomic E-state index is 13.0. The first-order valence-electron chi connectivity index (χ1n) is 8.76. The van der Waals surface area contributed by atoms with E-state index < -0.39 is 0 Å². The molecule has 2 amide bonds. The Kier molecular flexibility index (Phi) is 7.64. The number of thiazole rings is 1. The van der Waals surface area contributed by atoms with Crippen LogP contribution in [0.15, 0.2) is 29.8 Å². The van der Waals surface area contributed by atoms with E-state index in [1.807, 2.05) is 0 Å². The lowest BCUT2D eigenvalue weighted by molar-refractivity contribution is -0.117. The Bertz CT molecular complexity index is 813. The highest BCUT2D eigenvalue weighted by Crippen LogP contribution is 2.22. The van der Waals surface area contributed by atoms with Crippen molar-refractivity contribution in [3.05, 3.63) is 45.4 Å². The van der Waals surface area contributed by atoms with Crippen LogP contribution in [0, 0.1) is 0 Å². The number of carbonyl (C=O) groups is 2. The third-order valence-electron chi connectivity index (χ3n) is 4.25. The number of carbonyl (C=O) groups excluding carboxylic acids is 2. The van der Waals surface area contributed by atoms with Gasteiger partial charge in [-0.15, -0.1) is 11.3 Å². The van der Waals surface area contributed by atoms with Crippen molar-refractivity contribution < 1.29 is 14.3 Å². The van der Waals surface area contributed by atoms with Crippen LogP contribution in [0.1, 0.15) is 10.4 Å². The molecule has 7 nitrogen and oxygen atoms in total. The Morgan fingerprint density at radius 1 is 1.29 bits per heavy atom. The zero-order chi connectivity index (χ0) is 19.9. The largest absolute Gasteiger partial charge is 0.379 e. The van der Waals surface area contributed by atoms with Gasteiger partial charge in [0.1, 0.15) is 6.54 Å². The molecule has 2 heterocycles. The van der Waals surface area contributed by atoms with E-state index in [1.54, 1.807) is 23.7 Å². The minimum absolute atomic E-state index is 0.0955. The second-order valence-electron chi connectivity index (χ2n) is 6.19. The van der Waals surface area contributed by atoms with E-state index in [1.165, 1.54) is 22.3 Å². The van der Waals surface area contributed by atoms with E-state index in [4.69, 9.17) is 27.9 Å². The number of amides is 2. The van der Waals surface area contributed by atoms with Crippen molar-refractivity contribution in [2.24, 2.45) is 0 Å². The topological polar surface area (TPSA) is 74.8 Å². The fraction of sp³-hybridized carbons (Fsp3) is 0.389. The molecule has 1 fully saturated rings. The van der Waals surface area contributed by atoms with Crippen LogP contribution in [0.5, 0.6) is 0 Å². The number of anilines is 1. The molecule has 2 aromatic rings. The molecule has 28 heavy (non-hydrogen) atoms. The molecular weight excluding hydrogens is 423 g/mol. The molecule has 0 radical (unpaired) electrons. The molecule has 0 saturated carbocycles. The molecule has 1 N–H and O–H groups in total. The second kappa shape index (κ2) is 10.2. The van der Waals surface area contributed by atoms with Gasteiger partial charge < -0.3 is 15.0 Å². The van der Waals surface area contributed by atoms with E-state index in [2.05, 4.69) is 15.2 Å². The van der Waals surface area contributed by atoms with Crippen molar-refractivity contribution in [2.75, 3.05) is 51.3 Å². The Labute approximate surface area is 177 Å². The average Bonchev–Trinajstić information content (AvgIpc) is 3.18. The van der Waals surface area contributed by atoms with Crippen LogP contribution in [-0.2, 0) is 9.53 Å². The lowest BCUT2D eigenvalue weighted by Crippen LogP contribution is -2.45. The van der Waals surface area contributed by atoms with Gasteiger partial charge in [-0.25, -0.2) is 4.98 Å². The molecule has 1 aromatic heterocycles. The number of benzene rings is 1. The number of aromatic nitrogens is 1. The zero-order valence-corrected chi connectivity index (χ0v) is 17.4. The third kappa shape index (κ3) is 5.89. The van der Waals surface area contributed by atoms with Crippen LogP contribution in [0.25, 0.3) is 0 Å². The number of halogens is 2. The first-order chi connectivity index (χ1) is 13.5. The quantitative estimate of drug-likeness (QED) is 0.713. The summed E-state index contributed by atoms with van der Waals surface area (Å²) in [7, 11) is 0. The molecule has 0 atom stereocenters. The summed E-state index contributed by atoms with van der Waals surface area (Å²) in [6, 6.07) is 4.70. The molecule has 0 spiro atoms. The van der Waals surface area contributed by atoms with E-state index in [-0.39, 0.29) is 23.4 Å². The third-order valence-corrected chi connectivity index (χ3v) is 5.49. The van der Waals surface area contributed by atoms with Crippen molar-refractivity contribution in [3.8, 4) is 0 Å². The minimum Gasteiger partial charge on any atom is -0.379 e. The molecule has 3 rings (SSSR count). The molecule has 1 aliphatic rings. The molecule has 0 aliphatic carbocycles. The fourth-order valence-electron chi connectivity index (χ4n) is 2.79. The molecule has 0 bridgehead atoms. The van der Waals surface area contributed by atoms with Crippen molar-refractivity contribution in [3.63, 3.8) is 0 Å². The molecule has 1 aromatic carbocycles. The van der Waals surface area contributed by atoms with Crippen LogP contribution in [0.3, 0.4) is 0 Å². The van der Waals surface area contributed by atoms with Crippen molar-refractivity contribution in [1.82, 2.24) is 14.8 Å². The molecule has 1 saturated heterocycles. The fourth-order valence-corrected chi connectivity index (χ4v) is 3.82. The van der Waals surface area contributed by atoms with Gasteiger partial charge in [0.25, 0.3) is 5.91 Å². The summed E-state index contributed by atoms with van der Waals surface area (Å²) < 4.78 is 5.35. The van der Waals surface area contributed by atoms with Crippen LogP contribution in [-0.4, -0.2) is 72.5 Å². The standard InChI is InChI=1S/C18H20Cl2N4O3S/c19-13-1-2-14(15(20)11-13)17(26)24(5-4-23-6-8-27-9-7-23)12-16(25)22-18-21-3-10-28-18/h1-3,10-11H,4-9,12H2,(H,21,22,25). The van der Waals surface area contributed by atoms with Gasteiger partial charge in [-0.2, -0.15) is 0 Å². The number of hydrogen-bond acceptors (Lipinski definition) is 6. The molecule has 1 aliphatic heterocycles. The maximum Gasteiger partial charge on any atom is 0.255 e. The molecular formula is C18H20Cl2N4O3S. The summed E-state index contributed by atoms with van der Waals surface area (Å²) in [5.41, 5.74) is 0.315. The summed E-state index contributed by atoms with van der Waals surface area (Å²) >= 11 is 13.5. The highest BCUT2D eigenvalue weighted by atomic mass is 35.5. The lowest BCUT2D eigenvalue weighted by Gasteiger charge is -2.30. The van der Waals surface area contributed by atoms with Gasteiger partial charge in [-0.3, -0.25) is 14.5 Å². The average molecular weight is 443 g/mol. The summed E-state index contributed by atoms with van der Waals surface area (Å²) in [6.45, 7) is 3.88. The number of rotatable bonds is 7. The smallest absolute Gasteiger partial charge is 0.255 e. The van der Waals surface area contributed by atoms with E-state index in [0.29, 0.717) is 42.0 Å². The lowest BCUT2D eigenvalue weighted by atomic mass is 10.2. The van der Waals surface area contributed by atoms with Gasteiger partial charge in [0.05, 0.1) is 23.8 Å². The summed E-state index contributed by atoms with van der Waals surface area (Å²) in [5.74, 6) is -0.625. The van der Waals surface area contributed by atoms with Crippen molar-refractivity contribution in [2.45, 2.75) is 0 Å². The van der Waals surface area contributed by atoms with Crippen LogP contribution < -0.4 is 5.32 Å². The summed E-state index contributed by atoms with van der Waals surface area (Å²) in [4.78, 5) is 33.2. The Balaban J connectivity index is 1.70. The molecule has 0 unspecified atom stereocenters. The predicted molar refractivity (Wildman–Crippen MR) is 110 cm³/mol. The normalized spacial score (nSPS) is 14.6. The van der Waals surface area contributed by atoms with Crippen molar-refractivity contribution >= 4 is 51.5 Å². The monoisotopic (exact) mass is 442 g/mol. The van der Waals surface area contributed by atoms with Crippen LogP contribution >= 0.6 is 34.5 Å². The van der Waals surface area contributed by atoms with Gasteiger partial charge in [0, 0.05) is 42.8 Å². The number of morpholine rings is 1. The first kappa shape index (κ1) is 21.0. The highest BCUT2D eigenvalue weighted by molar-refractivity contribution is 7.13. The number of nitrogens with one attached hydrogen (secondary N) is 1. The van der Waals surface area contributed by atoms with Crippen LogP contribution in [0.2, 0.25) is 10.0 Å². The Morgan fingerprint density at radius 2 is 2.07 bits per heavy atom. The SMILES string of the molecule is O=C(CN(CCN1CCOCC1)C(=O)c1ccc(Cl)cc1Cl)Nc1nccs1. The molecule has 150 valence electrons. The first-order valence-corrected chi connectivity index (χ1v) is 10.4. The van der Waals surface area contributed by atoms with E-state index in [9.17, 15) is 9.59 Å². The maximum absolute atomic E-state index is 13.0. The van der Waals surface area contributed by atoms with Gasteiger partial charge in [-0.1, -0.05) is 23.2 Å². The van der Waals surface area contributed by atoms with Crippen molar-refractivity contribution in [1.29, 1.82) is 0 Å². The zero-order valence-electron chi connectivity index (χ0n) is 15.1. The Hall–Kier alpha value is -1.71. The Morgan fingerprint density at radius 3 is 2.75 bits per heavy atom.